The highest BCUT2D eigenvalue weighted by Gasteiger charge is 2.39. The van der Waals surface area contributed by atoms with Crippen LogP contribution in [0.3, 0.4) is 0 Å². The quantitative estimate of drug-likeness (QED) is 0.749. The van der Waals surface area contributed by atoms with Gasteiger partial charge in [-0.25, -0.2) is 0 Å². The molecule has 2 heterocycles. The monoisotopic (exact) mass is 375 g/mol. The van der Waals surface area contributed by atoms with E-state index in [4.69, 9.17) is 14.6 Å². The first kappa shape index (κ1) is 17.2. The summed E-state index contributed by atoms with van der Waals surface area (Å²) in [4.78, 5) is 0. The minimum absolute atomic E-state index is 0.155. The van der Waals surface area contributed by atoms with E-state index in [0.29, 0.717) is 5.92 Å². The number of nitrogens with zero attached hydrogens (tertiary/aromatic N) is 2. The molecule has 0 amide bonds. The summed E-state index contributed by atoms with van der Waals surface area (Å²) in [5.74, 6) is 1.86. The molecule has 0 saturated heterocycles. The molecule has 1 aliphatic heterocycles. The predicted octanol–water partition coefficient (Wildman–Crippen LogP) is 4.11. The van der Waals surface area contributed by atoms with Gasteiger partial charge in [-0.15, -0.1) is 0 Å². The molecular weight excluding hydrogens is 350 g/mol. The van der Waals surface area contributed by atoms with E-state index in [2.05, 4.69) is 54.3 Å². The highest BCUT2D eigenvalue weighted by atomic mass is 16.5. The highest BCUT2D eigenvalue weighted by Crippen LogP contribution is 2.42. The summed E-state index contributed by atoms with van der Waals surface area (Å²) in [5, 5.41) is 6.18. The highest BCUT2D eigenvalue weighted by molar-refractivity contribution is 6.09. The van der Waals surface area contributed by atoms with Crippen LogP contribution in [-0.2, 0) is 13.5 Å². The van der Waals surface area contributed by atoms with Gasteiger partial charge in [0.2, 0.25) is 0 Å². The van der Waals surface area contributed by atoms with Crippen molar-refractivity contribution in [3.63, 3.8) is 0 Å². The van der Waals surface area contributed by atoms with E-state index in [1.54, 1.807) is 14.2 Å². The van der Waals surface area contributed by atoms with E-state index >= 15 is 0 Å². The van der Waals surface area contributed by atoms with Crippen molar-refractivity contribution in [3.05, 3.63) is 58.8 Å². The first-order valence-corrected chi connectivity index (χ1v) is 9.75. The Morgan fingerprint density at radius 2 is 1.89 bits per heavy atom. The Hall–Kier alpha value is -2.95. The molecule has 5 nitrogen and oxygen atoms in total. The molecule has 0 bridgehead atoms. The lowest BCUT2D eigenvalue weighted by Crippen LogP contribution is -2.27. The van der Waals surface area contributed by atoms with Crippen molar-refractivity contribution in [1.29, 1.82) is 0 Å². The fraction of sp³-hybridized carbons (Fsp3) is 0.348. The fourth-order valence-corrected chi connectivity index (χ4v) is 4.87. The van der Waals surface area contributed by atoms with Crippen molar-refractivity contribution in [2.45, 2.75) is 25.8 Å². The van der Waals surface area contributed by atoms with E-state index in [1.807, 2.05) is 6.07 Å². The van der Waals surface area contributed by atoms with Crippen LogP contribution in [0.5, 0.6) is 11.5 Å². The molecule has 2 aliphatic rings. The standard InChI is InChI=1S/C23H25N3O2/c1-13-5-9-18-17(11-13)15-7-8-16-21(24-25-22(16)23(15)26(18)2)14-6-10-19(27-3)20(12-14)28-4/h5-6,9-12,16,21,24H,7-8H2,1-4H3. The van der Waals surface area contributed by atoms with Crippen molar-refractivity contribution in [1.82, 2.24) is 9.99 Å². The lowest BCUT2D eigenvalue weighted by molar-refractivity contribution is 0.353. The van der Waals surface area contributed by atoms with Crippen molar-refractivity contribution in [3.8, 4) is 11.5 Å². The SMILES string of the molecule is COc1ccc(C2NN=C3c4c(c5cc(C)ccc5n4C)CCC32)cc1OC. The Balaban J connectivity index is 1.56. The molecule has 28 heavy (non-hydrogen) atoms. The van der Waals surface area contributed by atoms with E-state index in [0.717, 1.165) is 24.3 Å². The summed E-state index contributed by atoms with van der Waals surface area (Å²) in [5.41, 5.74) is 11.1. The van der Waals surface area contributed by atoms with E-state index in [-0.39, 0.29) is 6.04 Å². The van der Waals surface area contributed by atoms with Crippen LogP contribution >= 0.6 is 0 Å². The summed E-state index contributed by atoms with van der Waals surface area (Å²) in [6.45, 7) is 2.16. The molecule has 0 fully saturated rings. The molecule has 0 spiro atoms. The number of aryl methyl sites for hydroxylation is 3. The molecule has 1 aromatic heterocycles. The molecule has 144 valence electrons. The summed E-state index contributed by atoms with van der Waals surface area (Å²) in [7, 11) is 5.50. The van der Waals surface area contributed by atoms with Crippen LogP contribution in [0.2, 0.25) is 0 Å². The van der Waals surface area contributed by atoms with Gasteiger partial charge in [0.25, 0.3) is 0 Å². The van der Waals surface area contributed by atoms with Crippen LogP contribution in [0.15, 0.2) is 41.5 Å². The van der Waals surface area contributed by atoms with Crippen molar-refractivity contribution in [2.24, 2.45) is 18.1 Å². The van der Waals surface area contributed by atoms with Crippen LogP contribution in [0.4, 0.5) is 0 Å². The van der Waals surface area contributed by atoms with Gasteiger partial charge in [-0.3, -0.25) is 0 Å². The van der Waals surface area contributed by atoms with Crippen LogP contribution in [0.25, 0.3) is 10.9 Å². The second kappa shape index (κ2) is 6.30. The first-order chi connectivity index (χ1) is 13.6. The topological polar surface area (TPSA) is 47.8 Å². The van der Waals surface area contributed by atoms with Crippen LogP contribution < -0.4 is 14.9 Å². The number of fused-ring (bicyclic) bond motifs is 5. The zero-order chi connectivity index (χ0) is 19.4. The number of hydrogen-bond acceptors (Lipinski definition) is 4. The molecular formula is C23H25N3O2. The number of hydrogen-bond donors (Lipinski definition) is 1. The van der Waals surface area contributed by atoms with Gasteiger partial charge in [0.15, 0.2) is 11.5 Å². The third-order valence-corrected chi connectivity index (χ3v) is 6.25. The summed E-state index contributed by atoms with van der Waals surface area (Å²) in [6, 6.07) is 13.0. The second-order valence-electron chi connectivity index (χ2n) is 7.77. The number of benzene rings is 2. The maximum Gasteiger partial charge on any atom is 0.161 e. The van der Waals surface area contributed by atoms with Crippen molar-refractivity contribution in [2.75, 3.05) is 14.2 Å². The Morgan fingerprint density at radius 3 is 2.68 bits per heavy atom. The smallest absolute Gasteiger partial charge is 0.161 e. The average molecular weight is 375 g/mol. The number of ether oxygens (including phenoxy) is 2. The summed E-state index contributed by atoms with van der Waals surface area (Å²) in [6.07, 6.45) is 2.16. The molecule has 0 saturated carbocycles. The molecule has 1 aliphatic carbocycles. The molecule has 2 unspecified atom stereocenters. The Morgan fingerprint density at radius 1 is 1.07 bits per heavy atom. The molecule has 2 aromatic carbocycles. The number of aromatic nitrogens is 1. The van der Waals surface area contributed by atoms with E-state index in [1.165, 1.54) is 39.0 Å². The van der Waals surface area contributed by atoms with Crippen LogP contribution in [0, 0.1) is 12.8 Å². The minimum Gasteiger partial charge on any atom is -0.493 e. The fourth-order valence-electron chi connectivity index (χ4n) is 4.87. The van der Waals surface area contributed by atoms with E-state index in [9.17, 15) is 0 Å². The van der Waals surface area contributed by atoms with Crippen molar-refractivity contribution >= 4 is 16.6 Å². The molecule has 3 aromatic rings. The zero-order valence-electron chi connectivity index (χ0n) is 16.7. The van der Waals surface area contributed by atoms with Gasteiger partial charge in [0.05, 0.1) is 31.7 Å². The van der Waals surface area contributed by atoms with Gasteiger partial charge >= 0.3 is 0 Å². The molecule has 0 radical (unpaired) electrons. The first-order valence-electron chi connectivity index (χ1n) is 9.75. The minimum atomic E-state index is 0.155. The maximum absolute atomic E-state index is 5.50. The normalized spacial score (nSPS) is 20.4. The van der Waals surface area contributed by atoms with Crippen molar-refractivity contribution < 1.29 is 9.47 Å². The Kier molecular flexibility index (Phi) is 3.86. The number of rotatable bonds is 3. The van der Waals surface area contributed by atoms with E-state index < -0.39 is 0 Å². The summed E-state index contributed by atoms with van der Waals surface area (Å²) >= 11 is 0. The Labute approximate surface area is 165 Å². The molecule has 2 atom stereocenters. The zero-order valence-corrected chi connectivity index (χ0v) is 16.7. The second-order valence-corrected chi connectivity index (χ2v) is 7.77. The largest absolute Gasteiger partial charge is 0.493 e. The maximum atomic E-state index is 5.50. The lowest BCUT2D eigenvalue weighted by atomic mass is 9.79. The average Bonchev–Trinajstić information content (AvgIpc) is 3.26. The van der Waals surface area contributed by atoms with Gasteiger partial charge < -0.3 is 19.5 Å². The van der Waals surface area contributed by atoms with Gasteiger partial charge in [0.1, 0.15) is 0 Å². The molecule has 5 heteroatoms. The molecule has 1 N–H and O–H groups in total. The Bertz CT molecular complexity index is 1110. The number of nitrogens with one attached hydrogen (secondary N) is 1. The lowest BCUT2D eigenvalue weighted by Gasteiger charge is -2.26. The van der Waals surface area contributed by atoms with Gasteiger partial charge in [-0.1, -0.05) is 17.7 Å². The van der Waals surface area contributed by atoms with Gasteiger partial charge in [-0.05, 0) is 55.2 Å². The summed E-state index contributed by atoms with van der Waals surface area (Å²) < 4.78 is 13.2. The number of methoxy groups -OCH3 is 2. The third kappa shape index (κ3) is 2.35. The number of hydrazone groups is 1. The molecule has 5 rings (SSSR count). The van der Waals surface area contributed by atoms with Crippen LogP contribution in [-0.4, -0.2) is 24.5 Å². The predicted molar refractivity (Wildman–Crippen MR) is 111 cm³/mol. The van der Waals surface area contributed by atoms with Gasteiger partial charge in [0, 0.05) is 23.9 Å². The van der Waals surface area contributed by atoms with Crippen LogP contribution in [0.1, 0.15) is 34.8 Å². The third-order valence-electron chi connectivity index (χ3n) is 6.25. The van der Waals surface area contributed by atoms with Gasteiger partial charge in [-0.2, -0.15) is 5.10 Å².